The number of rotatable bonds is 10. The fraction of sp³-hybridized carbons (Fsp3) is 0.421. The van der Waals surface area contributed by atoms with Crippen LogP contribution in [-0.2, 0) is 9.53 Å². The summed E-state index contributed by atoms with van der Waals surface area (Å²) in [5.41, 5.74) is 7.73. The van der Waals surface area contributed by atoms with Crippen LogP contribution < -0.4 is 5.32 Å². The molecule has 4 atom stereocenters. The molecule has 0 radical (unpaired) electrons. The zero-order chi connectivity index (χ0) is 32.7. The highest BCUT2D eigenvalue weighted by atomic mass is 32.2. The van der Waals surface area contributed by atoms with E-state index in [1.807, 2.05) is 19.9 Å². The van der Waals surface area contributed by atoms with Gasteiger partial charge in [-0.3, -0.25) is 9.79 Å². The van der Waals surface area contributed by atoms with Crippen molar-refractivity contribution in [1.82, 2.24) is 5.32 Å². The van der Waals surface area contributed by atoms with Gasteiger partial charge in [-0.05, 0) is 125 Å². The summed E-state index contributed by atoms with van der Waals surface area (Å²) in [4.78, 5) is 18.9. The van der Waals surface area contributed by atoms with Gasteiger partial charge in [-0.15, -0.1) is 0 Å². The lowest BCUT2D eigenvalue weighted by Crippen LogP contribution is -2.28. The topological polar surface area (TPSA) is 70.9 Å². The Labute approximate surface area is 272 Å². The van der Waals surface area contributed by atoms with Gasteiger partial charge in [0.2, 0.25) is 0 Å². The van der Waals surface area contributed by atoms with Crippen LogP contribution >= 0.6 is 12.0 Å². The van der Waals surface area contributed by atoms with Crippen molar-refractivity contribution >= 4 is 29.9 Å². The summed E-state index contributed by atoms with van der Waals surface area (Å²) >= 11 is 0.521. The van der Waals surface area contributed by atoms with Crippen molar-refractivity contribution in [2.45, 2.75) is 80.1 Å². The molecule has 1 amide bonds. The molecule has 3 aliphatic rings. The predicted molar refractivity (Wildman–Crippen MR) is 185 cm³/mol. The van der Waals surface area contributed by atoms with Gasteiger partial charge in [0, 0.05) is 29.1 Å². The van der Waals surface area contributed by atoms with Crippen LogP contribution in [0.5, 0.6) is 0 Å². The van der Waals surface area contributed by atoms with Crippen molar-refractivity contribution in [2.24, 2.45) is 28.7 Å². The summed E-state index contributed by atoms with van der Waals surface area (Å²) in [6.07, 6.45) is 14.9. The lowest BCUT2D eigenvalue weighted by Gasteiger charge is -2.29. The molecule has 4 rings (SSSR count). The second kappa shape index (κ2) is 15.7. The Kier molecular flexibility index (Phi) is 12.0. The van der Waals surface area contributed by atoms with Crippen LogP contribution in [0.3, 0.4) is 0 Å². The molecule has 1 aromatic rings. The molecule has 1 aliphatic carbocycles. The van der Waals surface area contributed by atoms with Gasteiger partial charge in [0.05, 0.1) is 17.6 Å². The molecular weight excluding hydrogens is 583 g/mol. The van der Waals surface area contributed by atoms with Crippen molar-refractivity contribution in [3.05, 3.63) is 111 Å². The number of benzene rings is 1. The summed E-state index contributed by atoms with van der Waals surface area (Å²) < 4.78 is 29.7. The zero-order valence-electron chi connectivity index (χ0n) is 27.5. The highest BCUT2D eigenvalue weighted by molar-refractivity contribution is 7.97. The average Bonchev–Trinajstić information content (AvgIpc) is 3.28. The molecule has 0 saturated heterocycles. The van der Waals surface area contributed by atoms with Crippen molar-refractivity contribution in [3.63, 3.8) is 0 Å². The number of amides is 1. The standard InChI is InChI=1S/C38H47FN2O3S/c1-8-10-24(4)33-19-20-40-35(27(7)26(33)6)28(9-2)21-30-22-32(17-11-23(30)3)41-37(42)34-18-12-25(5)38(45-43)44-36(34)29-13-15-31(39)16-14-29/h8,10-11,13-17,20,26,28,30,33,43H,4,9,12,18-19,21-22H2,1-3,5-7H3,(H,41,42). The summed E-state index contributed by atoms with van der Waals surface area (Å²) in [5, 5.41) is 3.52. The quantitative estimate of drug-likeness (QED) is 0.199. The van der Waals surface area contributed by atoms with Gasteiger partial charge >= 0.3 is 0 Å². The summed E-state index contributed by atoms with van der Waals surface area (Å²) in [5.74, 6) is 0.972. The highest BCUT2D eigenvalue weighted by Gasteiger charge is 2.30. The third kappa shape index (κ3) is 8.25. The largest absolute Gasteiger partial charge is 0.447 e. The molecule has 0 fully saturated rings. The maximum Gasteiger partial charge on any atom is 0.255 e. The van der Waals surface area contributed by atoms with Gasteiger partial charge in [-0.2, -0.15) is 0 Å². The fourth-order valence-corrected chi connectivity index (χ4v) is 6.90. The zero-order valence-corrected chi connectivity index (χ0v) is 28.3. The summed E-state index contributed by atoms with van der Waals surface area (Å²) in [6, 6.07) is 5.87. The Balaban J connectivity index is 1.54. The molecule has 1 aromatic carbocycles. The number of hydrogen-bond acceptors (Lipinski definition) is 5. The highest BCUT2D eigenvalue weighted by Crippen LogP contribution is 2.40. The smallest absolute Gasteiger partial charge is 0.255 e. The van der Waals surface area contributed by atoms with E-state index in [4.69, 9.17) is 9.73 Å². The molecule has 4 unspecified atom stereocenters. The second-order valence-corrected chi connectivity index (χ2v) is 13.0. The van der Waals surface area contributed by atoms with Crippen molar-refractivity contribution in [2.75, 3.05) is 0 Å². The van der Waals surface area contributed by atoms with Crippen LogP contribution in [-0.4, -0.2) is 16.7 Å². The molecule has 7 heteroatoms. The first-order chi connectivity index (χ1) is 21.6. The Morgan fingerprint density at radius 3 is 2.62 bits per heavy atom. The van der Waals surface area contributed by atoms with E-state index < -0.39 is 0 Å². The Morgan fingerprint density at radius 1 is 1.22 bits per heavy atom. The number of aliphatic imine (C=N–C) groups is 1. The van der Waals surface area contributed by atoms with Gasteiger partial charge in [0.25, 0.3) is 5.91 Å². The Morgan fingerprint density at radius 2 is 1.96 bits per heavy atom. The number of nitrogens with one attached hydrogen (secondary N) is 1. The van der Waals surface area contributed by atoms with E-state index in [2.05, 4.69) is 64.0 Å². The van der Waals surface area contributed by atoms with Crippen LogP contribution in [0.25, 0.3) is 5.76 Å². The Hall–Kier alpha value is -3.42. The Bertz CT molecular complexity index is 1510. The molecular formula is C38H47FN2O3S. The summed E-state index contributed by atoms with van der Waals surface area (Å²) in [6.45, 7) is 17.2. The monoisotopic (exact) mass is 630 g/mol. The van der Waals surface area contributed by atoms with E-state index in [0.717, 1.165) is 36.1 Å². The van der Waals surface area contributed by atoms with Gasteiger partial charge < -0.3 is 14.6 Å². The van der Waals surface area contributed by atoms with Crippen molar-refractivity contribution < 1.29 is 18.5 Å². The number of ether oxygens (including phenoxy) is 1. The van der Waals surface area contributed by atoms with Crippen LogP contribution in [0.2, 0.25) is 0 Å². The molecule has 0 aromatic heterocycles. The fourth-order valence-electron chi connectivity index (χ4n) is 6.52. The third-order valence-corrected chi connectivity index (χ3v) is 10.1. The molecule has 0 spiro atoms. The van der Waals surface area contributed by atoms with Gasteiger partial charge in [0.15, 0.2) is 5.09 Å². The maximum absolute atomic E-state index is 13.8. The number of halogens is 1. The minimum Gasteiger partial charge on any atom is -0.447 e. The van der Waals surface area contributed by atoms with Gasteiger partial charge in [-0.25, -0.2) is 4.39 Å². The second-order valence-electron chi connectivity index (χ2n) is 12.5. The van der Waals surface area contributed by atoms with Crippen LogP contribution in [0.1, 0.15) is 85.6 Å². The molecule has 5 nitrogen and oxygen atoms in total. The number of carbonyl (C=O) groups is 1. The SMILES string of the molecule is C=C(C=CC)C1CC=NC(C(CC)CC2CC(NC(=O)C3=C(c4ccc(F)cc4)OC(SO)=C(C)CC3)=CC=C2C)=C(C)C1C. The average molecular weight is 631 g/mol. The normalized spacial score (nSPS) is 23.3. The van der Waals surface area contributed by atoms with E-state index in [0.29, 0.717) is 71.0 Å². The molecule has 2 aliphatic heterocycles. The number of hydrogen-bond donors (Lipinski definition) is 2. The van der Waals surface area contributed by atoms with Gasteiger partial charge in [0.1, 0.15) is 11.6 Å². The summed E-state index contributed by atoms with van der Waals surface area (Å²) in [7, 11) is 0. The first-order valence-corrected chi connectivity index (χ1v) is 16.8. The first kappa shape index (κ1) is 34.5. The number of allylic oxidation sites excluding steroid dienone is 10. The van der Waals surface area contributed by atoms with E-state index in [1.165, 1.54) is 29.0 Å². The van der Waals surface area contributed by atoms with Crippen LogP contribution in [0.15, 0.2) is 104 Å². The van der Waals surface area contributed by atoms with E-state index in [-0.39, 0.29) is 17.6 Å². The molecule has 240 valence electrons. The molecule has 0 saturated carbocycles. The maximum atomic E-state index is 13.8. The van der Waals surface area contributed by atoms with E-state index in [9.17, 15) is 13.7 Å². The van der Waals surface area contributed by atoms with Crippen LogP contribution in [0.4, 0.5) is 4.39 Å². The lowest BCUT2D eigenvalue weighted by atomic mass is 9.77. The molecule has 0 bridgehead atoms. The van der Waals surface area contributed by atoms with E-state index >= 15 is 0 Å². The van der Waals surface area contributed by atoms with Crippen LogP contribution in [0, 0.1) is 29.5 Å². The first-order valence-electron chi connectivity index (χ1n) is 16.0. The van der Waals surface area contributed by atoms with E-state index in [1.54, 1.807) is 12.1 Å². The minimum absolute atomic E-state index is 0.246. The van der Waals surface area contributed by atoms with Crippen molar-refractivity contribution in [1.29, 1.82) is 0 Å². The predicted octanol–water partition coefficient (Wildman–Crippen LogP) is 10.3. The van der Waals surface area contributed by atoms with Gasteiger partial charge in [-0.1, -0.05) is 49.8 Å². The molecule has 2 N–H and O–H groups in total. The lowest BCUT2D eigenvalue weighted by molar-refractivity contribution is -0.117. The molecule has 45 heavy (non-hydrogen) atoms. The number of carbonyl (C=O) groups excluding carboxylic acids is 1. The number of nitrogens with zero attached hydrogens (tertiary/aromatic N) is 1. The third-order valence-electron chi connectivity index (χ3n) is 9.55. The molecule has 2 heterocycles. The minimum atomic E-state index is -0.373. The van der Waals surface area contributed by atoms with Crippen molar-refractivity contribution in [3.8, 4) is 0 Å².